The van der Waals surface area contributed by atoms with E-state index in [0.717, 1.165) is 36.9 Å². The van der Waals surface area contributed by atoms with Crippen molar-refractivity contribution in [3.8, 4) is 0 Å². The SMILES string of the molecule is NCC(F)(F)CNc1ncnc2c1CCCC2. The van der Waals surface area contributed by atoms with Crippen molar-refractivity contribution >= 4 is 5.82 Å². The standard InChI is InChI=1S/C11H16F2N4/c12-11(13,5-14)6-15-10-8-3-1-2-4-9(8)16-7-17-10/h7H,1-6,14H2,(H,15,16,17). The number of aromatic nitrogens is 2. The maximum absolute atomic E-state index is 13.0. The Hall–Kier alpha value is -1.30. The summed E-state index contributed by atoms with van der Waals surface area (Å²) in [4.78, 5) is 8.21. The van der Waals surface area contributed by atoms with Crippen molar-refractivity contribution in [3.63, 3.8) is 0 Å². The summed E-state index contributed by atoms with van der Waals surface area (Å²) in [7, 11) is 0. The number of hydrogen-bond donors (Lipinski definition) is 2. The molecule has 1 aliphatic carbocycles. The molecule has 0 atom stereocenters. The fourth-order valence-corrected chi connectivity index (χ4v) is 1.96. The molecule has 0 spiro atoms. The van der Waals surface area contributed by atoms with Crippen LogP contribution in [-0.4, -0.2) is 29.0 Å². The largest absolute Gasteiger partial charge is 0.364 e. The Morgan fingerprint density at radius 3 is 2.82 bits per heavy atom. The van der Waals surface area contributed by atoms with Gasteiger partial charge in [0, 0.05) is 11.3 Å². The molecular weight excluding hydrogens is 226 g/mol. The van der Waals surface area contributed by atoms with E-state index in [1.54, 1.807) is 0 Å². The molecule has 1 aromatic heterocycles. The zero-order chi connectivity index (χ0) is 12.3. The highest BCUT2D eigenvalue weighted by molar-refractivity contribution is 5.47. The third kappa shape index (κ3) is 2.88. The molecule has 0 aliphatic heterocycles. The summed E-state index contributed by atoms with van der Waals surface area (Å²) in [6.07, 6.45) is 5.34. The van der Waals surface area contributed by atoms with Gasteiger partial charge in [-0.3, -0.25) is 0 Å². The Balaban J connectivity index is 2.11. The zero-order valence-electron chi connectivity index (χ0n) is 9.55. The maximum Gasteiger partial charge on any atom is 0.276 e. The van der Waals surface area contributed by atoms with Crippen LogP contribution >= 0.6 is 0 Å². The number of hydrogen-bond acceptors (Lipinski definition) is 4. The van der Waals surface area contributed by atoms with Crippen molar-refractivity contribution in [2.45, 2.75) is 31.6 Å². The van der Waals surface area contributed by atoms with Crippen molar-refractivity contribution in [1.82, 2.24) is 9.97 Å². The molecule has 1 aliphatic rings. The number of nitrogens with zero attached hydrogens (tertiary/aromatic N) is 2. The van der Waals surface area contributed by atoms with Gasteiger partial charge in [-0.1, -0.05) is 0 Å². The second kappa shape index (κ2) is 4.91. The van der Waals surface area contributed by atoms with Gasteiger partial charge in [0.25, 0.3) is 5.92 Å². The Morgan fingerprint density at radius 2 is 2.06 bits per heavy atom. The van der Waals surface area contributed by atoms with Gasteiger partial charge in [0.15, 0.2) is 0 Å². The van der Waals surface area contributed by atoms with Crippen LogP contribution in [0.4, 0.5) is 14.6 Å². The summed E-state index contributed by atoms with van der Waals surface area (Å²) in [6, 6.07) is 0. The summed E-state index contributed by atoms with van der Waals surface area (Å²) in [5.41, 5.74) is 6.94. The molecule has 6 heteroatoms. The molecule has 0 saturated carbocycles. The van der Waals surface area contributed by atoms with E-state index in [1.165, 1.54) is 6.33 Å². The lowest BCUT2D eigenvalue weighted by Crippen LogP contribution is -2.35. The third-order valence-electron chi connectivity index (χ3n) is 2.94. The first kappa shape index (κ1) is 12.2. The van der Waals surface area contributed by atoms with E-state index in [-0.39, 0.29) is 0 Å². The van der Waals surface area contributed by atoms with Gasteiger partial charge in [-0.25, -0.2) is 18.7 Å². The van der Waals surface area contributed by atoms with Crippen LogP contribution in [-0.2, 0) is 12.8 Å². The normalized spacial score (nSPS) is 15.5. The minimum atomic E-state index is -2.90. The van der Waals surface area contributed by atoms with Crippen LogP contribution in [0.15, 0.2) is 6.33 Å². The van der Waals surface area contributed by atoms with E-state index in [0.29, 0.717) is 5.82 Å². The lowest BCUT2D eigenvalue weighted by molar-refractivity contribution is 0.0253. The van der Waals surface area contributed by atoms with Gasteiger partial charge >= 0.3 is 0 Å². The summed E-state index contributed by atoms with van der Waals surface area (Å²) in [6.45, 7) is -1.14. The molecule has 0 aromatic carbocycles. The monoisotopic (exact) mass is 242 g/mol. The van der Waals surface area contributed by atoms with E-state index < -0.39 is 19.0 Å². The first-order valence-corrected chi connectivity index (χ1v) is 5.77. The van der Waals surface area contributed by atoms with Crippen molar-refractivity contribution in [3.05, 3.63) is 17.6 Å². The minimum Gasteiger partial charge on any atom is -0.364 e. The van der Waals surface area contributed by atoms with E-state index in [4.69, 9.17) is 5.73 Å². The van der Waals surface area contributed by atoms with Gasteiger partial charge < -0.3 is 11.1 Å². The molecule has 0 amide bonds. The molecule has 1 aromatic rings. The Morgan fingerprint density at radius 1 is 1.29 bits per heavy atom. The zero-order valence-corrected chi connectivity index (χ0v) is 9.55. The molecule has 1 heterocycles. The van der Waals surface area contributed by atoms with E-state index in [2.05, 4.69) is 15.3 Å². The maximum atomic E-state index is 13.0. The number of halogens is 2. The molecule has 3 N–H and O–H groups in total. The first-order chi connectivity index (χ1) is 8.12. The molecule has 0 radical (unpaired) electrons. The van der Waals surface area contributed by atoms with Gasteiger partial charge in [-0.05, 0) is 25.7 Å². The topological polar surface area (TPSA) is 63.8 Å². The molecule has 0 fully saturated rings. The Labute approximate surface area is 98.6 Å². The van der Waals surface area contributed by atoms with Crippen molar-refractivity contribution in [2.24, 2.45) is 5.73 Å². The van der Waals surface area contributed by atoms with E-state index in [9.17, 15) is 8.78 Å². The number of alkyl halides is 2. The highest BCUT2D eigenvalue weighted by Crippen LogP contribution is 2.25. The minimum absolute atomic E-state index is 0.479. The number of nitrogens with two attached hydrogens (primary N) is 1. The van der Waals surface area contributed by atoms with Crippen molar-refractivity contribution in [1.29, 1.82) is 0 Å². The number of fused-ring (bicyclic) bond motifs is 1. The quantitative estimate of drug-likeness (QED) is 0.836. The van der Waals surface area contributed by atoms with Crippen LogP contribution in [0.1, 0.15) is 24.1 Å². The van der Waals surface area contributed by atoms with E-state index >= 15 is 0 Å². The number of anilines is 1. The fraction of sp³-hybridized carbons (Fsp3) is 0.636. The predicted octanol–water partition coefficient (Wildman–Crippen LogP) is 1.36. The van der Waals surface area contributed by atoms with Crippen LogP contribution < -0.4 is 11.1 Å². The number of nitrogens with one attached hydrogen (secondary N) is 1. The van der Waals surface area contributed by atoms with Gasteiger partial charge in [0.2, 0.25) is 0 Å². The molecular formula is C11H16F2N4. The lowest BCUT2D eigenvalue weighted by atomic mass is 9.96. The first-order valence-electron chi connectivity index (χ1n) is 5.77. The molecule has 17 heavy (non-hydrogen) atoms. The van der Waals surface area contributed by atoms with Crippen LogP contribution in [0.25, 0.3) is 0 Å². The second-order valence-corrected chi connectivity index (χ2v) is 4.27. The Kier molecular flexibility index (Phi) is 3.51. The molecule has 0 unspecified atom stereocenters. The molecule has 0 saturated heterocycles. The van der Waals surface area contributed by atoms with Crippen LogP contribution in [0, 0.1) is 0 Å². The average molecular weight is 242 g/mol. The second-order valence-electron chi connectivity index (χ2n) is 4.27. The number of aryl methyl sites for hydroxylation is 1. The molecule has 2 rings (SSSR count). The highest BCUT2D eigenvalue weighted by Gasteiger charge is 2.27. The molecule has 4 nitrogen and oxygen atoms in total. The van der Waals surface area contributed by atoms with Crippen molar-refractivity contribution < 1.29 is 8.78 Å². The van der Waals surface area contributed by atoms with Gasteiger partial charge in [-0.15, -0.1) is 0 Å². The van der Waals surface area contributed by atoms with Gasteiger partial charge in [0.1, 0.15) is 12.1 Å². The third-order valence-corrected chi connectivity index (χ3v) is 2.94. The van der Waals surface area contributed by atoms with Crippen LogP contribution in [0.3, 0.4) is 0 Å². The van der Waals surface area contributed by atoms with E-state index in [1.807, 2.05) is 0 Å². The summed E-state index contributed by atoms with van der Waals surface area (Å²) >= 11 is 0. The number of rotatable bonds is 4. The van der Waals surface area contributed by atoms with Crippen LogP contribution in [0.2, 0.25) is 0 Å². The lowest BCUT2D eigenvalue weighted by Gasteiger charge is -2.20. The highest BCUT2D eigenvalue weighted by atomic mass is 19.3. The van der Waals surface area contributed by atoms with Crippen molar-refractivity contribution in [2.75, 3.05) is 18.4 Å². The summed E-state index contributed by atoms with van der Waals surface area (Å²) < 4.78 is 26.1. The smallest absolute Gasteiger partial charge is 0.276 e. The average Bonchev–Trinajstić information content (AvgIpc) is 2.36. The summed E-state index contributed by atoms with van der Waals surface area (Å²) in [5, 5.41) is 2.68. The molecule has 0 bridgehead atoms. The van der Waals surface area contributed by atoms with Gasteiger partial charge in [-0.2, -0.15) is 0 Å². The molecule has 94 valence electrons. The van der Waals surface area contributed by atoms with Gasteiger partial charge in [0.05, 0.1) is 13.1 Å². The van der Waals surface area contributed by atoms with Crippen LogP contribution in [0.5, 0.6) is 0 Å². The Bertz CT molecular complexity index is 395. The predicted molar refractivity (Wildman–Crippen MR) is 61.2 cm³/mol. The fourth-order valence-electron chi connectivity index (χ4n) is 1.96. The summed E-state index contributed by atoms with van der Waals surface area (Å²) in [5.74, 6) is -2.37.